The average Bonchev–Trinajstić information content (AvgIpc) is 3.49. The average molecular weight is 653 g/mol. The maximum atomic E-state index is 10.6. The van der Waals surface area contributed by atoms with Gasteiger partial charge in [0.25, 0.3) is 0 Å². The van der Waals surface area contributed by atoms with Crippen LogP contribution in [0.2, 0.25) is 0 Å². The van der Waals surface area contributed by atoms with Gasteiger partial charge in [-0.2, -0.15) is 39.5 Å². The van der Waals surface area contributed by atoms with Crippen LogP contribution < -0.4 is 4.74 Å². The number of carbonyl (C=O) groups is 3. The molecule has 0 aromatic carbocycles. The van der Waals surface area contributed by atoms with Crippen LogP contribution >= 0.6 is 0 Å². The maximum Gasteiger partial charge on any atom is 0.490 e. The Morgan fingerprint density at radius 1 is 0.864 bits per heavy atom. The van der Waals surface area contributed by atoms with Gasteiger partial charge in [-0.3, -0.25) is 14.9 Å². The fourth-order valence-corrected chi connectivity index (χ4v) is 3.58. The highest BCUT2D eigenvalue weighted by molar-refractivity contribution is 5.73. The Kier molecular flexibility index (Phi) is 13.8. The van der Waals surface area contributed by atoms with Crippen LogP contribution in [0.1, 0.15) is 18.4 Å². The third-order valence-corrected chi connectivity index (χ3v) is 5.36. The number of halogens is 9. The van der Waals surface area contributed by atoms with Crippen molar-refractivity contribution in [2.24, 2.45) is 0 Å². The first kappa shape index (κ1) is 37.8. The second-order valence-electron chi connectivity index (χ2n) is 8.86. The molecule has 246 valence electrons. The lowest BCUT2D eigenvalue weighted by Gasteiger charge is -2.23. The first-order valence-electron chi connectivity index (χ1n) is 11.9. The molecule has 4 rings (SSSR count). The van der Waals surface area contributed by atoms with Crippen LogP contribution in [0.25, 0.3) is 0 Å². The largest absolute Gasteiger partial charge is 0.490 e. The summed E-state index contributed by atoms with van der Waals surface area (Å²) in [7, 11) is 0. The summed E-state index contributed by atoms with van der Waals surface area (Å²) in [5.74, 6) is -7.45. The minimum atomic E-state index is -5.08. The van der Waals surface area contributed by atoms with Crippen molar-refractivity contribution in [1.29, 1.82) is 0 Å². The number of carboxylic acids is 3. The molecule has 0 bridgehead atoms. The van der Waals surface area contributed by atoms with E-state index in [0.717, 1.165) is 38.2 Å². The van der Waals surface area contributed by atoms with Crippen molar-refractivity contribution in [3.63, 3.8) is 0 Å². The number of hydrogen-bond acceptors (Lipinski definition) is 8. The van der Waals surface area contributed by atoms with Crippen LogP contribution in [0.15, 0.2) is 49.1 Å². The highest BCUT2D eigenvalue weighted by Gasteiger charge is 2.46. The summed E-state index contributed by atoms with van der Waals surface area (Å²) in [5, 5.41) is 21.4. The minimum absolute atomic E-state index is 0.0465. The summed E-state index contributed by atoms with van der Waals surface area (Å²) >= 11 is 0. The topological polar surface area (TPSA) is 159 Å². The number of rotatable bonds is 4. The van der Waals surface area contributed by atoms with Gasteiger partial charge in [0.2, 0.25) is 0 Å². The van der Waals surface area contributed by atoms with Crippen LogP contribution in [-0.4, -0.2) is 98.0 Å². The number of aliphatic carboxylic acids is 3. The summed E-state index contributed by atoms with van der Waals surface area (Å²) < 4.78 is 107. The second kappa shape index (κ2) is 16.0. The molecule has 2 fully saturated rings. The molecule has 2 atom stereocenters. The van der Waals surface area contributed by atoms with Crippen molar-refractivity contribution in [2.45, 2.75) is 49.6 Å². The highest BCUT2D eigenvalue weighted by Crippen LogP contribution is 2.37. The third kappa shape index (κ3) is 14.3. The summed E-state index contributed by atoms with van der Waals surface area (Å²) in [5.41, 5.74) is 1.21. The fourth-order valence-electron chi connectivity index (χ4n) is 3.58. The van der Waals surface area contributed by atoms with Crippen molar-refractivity contribution in [1.82, 2.24) is 14.9 Å². The molecule has 3 N–H and O–H groups in total. The van der Waals surface area contributed by atoms with Gasteiger partial charge in [0.15, 0.2) is 0 Å². The van der Waals surface area contributed by atoms with Gasteiger partial charge in [-0.25, -0.2) is 14.4 Å². The van der Waals surface area contributed by atoms with Gasteiger partial charge >= 0.3 is 36.4 Å². The molecule has 2 aliphatic rings. The zero-order chi connectivity index (χ0) is 33.8. The number of ether oxygens (including phenoxy) is 2. The Balaban J connectivity index is 0.000000379. The minimum Gasteiger partial charge on any atom is -0.486 e. The van der Waals surface area contributed by atoms with Gasteiger partial charge < -0.3 is 24.8 Å². The fraction of sp³-hybridized carbons (Fsp3) is 0.458. The monoisotopic (exact) mass is 653 g/mol. The summed E-state index contributed by atoms with van der Waals surface area (Å²) in [6.45, 7) is 3.63. The lowest BCUT2D eigenvalue weighted by Crippen LogP contribution is -2.33. The highest BCUT2D eigenvalue weighted by atomic mass is 19.4. The van der Waals surface area contributed by atoms with Crippen molar-refractivity contribution >= 4 is 17.9 Å². The van der Waals surface area contributed by atoms with Crippen LogP contribution in [0.5, 0.6) is 5.75 Å². The Morgan fingerprint density at radius 2 is 1.34 bits per heavy atom. The van der Waals surface area contributed by atoms with Crippen LogP contribution in [0.3, 0.4) is 0 Å². The first-order chi connectivity index (χ1) is 20.1. The molecular weight excluding hydrogens is 629 g/mol. The summed E-state index contributed by atoms with van der Waals surface area (Å²) in [6.07, 6.45) is -5.84. The molecule has 0 unspecified atom stereocenters. The number of nitrogens with zero attached hydrogens (tertiary/aromatic N) is 3. The number of likely N-dealkylation sites (tertiary alicyclic amines) is 1. The Hall–Kier alpha value is -4.20. The molecule has 1 spiro atoms. The molecule has 4 heterocycles. The van der Waals surface area contributed by atoms with E-state index >= 15 is 0 Å². The van der Waals surface area contributed by atoms with E-state index in [9.17, 15) is 39.5 Å². The standard InChI is InChI=1S/C18H21N3O2.3C2HF3O2/c1-3-15(10-19-6-1)12-21-8-5-18(14-21)9-17(13-22-18)23-16-4-2-7-20-11-16;3*3-2(4,5)1(6)7/h1-4,6-7,10-11,17H,5,8-9,12-14H2;3*(H,6,7)/t17-,18-;;;/m0.../s1. The summed E-state index contributed by atoms with van der Waals surface area (Å²) in [6, 6.07) is 7.96. The summed E-state index contributed by atoms with van der Waals surface area (Å²) in [4.78, 5) is 37.4. The van der Waals surface area contributed by atoms with E-state index in [1.54, 1.807) is 12.4 Å². The molecule has 2 aromatic rings. The van der Waals surface area contributed by atoms with Gasteiger partial charge in [-0.1, -0.05) is 6.07 Å². The van der Waals surface area contributed by atoms with E-state index in [2.05, 4.69) is 20.9 Å². The smallest absolute Gasteiger partial charge is 0.486 e. The van der Waals surface area contributed by atoms with E-state index in [0.29, 0.717) is 6.61 Å². The quantitative estimate of drug-likeness (QED) is 0.406. The van der Waals surface area contributed by atoms with E-state index in [1.165, 1.54) is 5.56 Å². The number of alkyl halides is 9. The Bertz CT molecular complexity index is 1080. The zero-order valence-electron chi connectivity index (χ0n) is 22.1. The van der Waals surface area contributed by atoms with Crippen LogP contribution in [0.4, 0.5) is 39.5 Å². The predicted molar refractivity (Wildman–Crippen MR) is 127 cm³/mol. The van der Waals surface area contributed by atoms with Crippen molar-refractivity contribution in [3.05, 3.63) is 54.6 Å². The lowest BCUT2D eigenvalue weighted by atomic mass is 9.98. The number of aromatic nitrogens is 2. The molecule has 2 aliphatic heterocycles. The first-order valence-corrected chi connectivity index (χ1v) is 11.9. The van der Waals surface area contributed by atoms with Gasteiger partial charge in [0.05, 0.1) is 18.4 Å². The molecule has 0 radical (unpaired) electrons. The van der Waals surface area contributed by atoms with Crippen molar-refractivity contribution < 1.29 is 78.7 Å². The molecule has 11 nitrogen and oxygen atoms in total. The predicted octanol–water partition coefficient (Wildman–Crippen LogP) is 4.19. The van der Waals surface area contributed by atoms with E-state index < -0.39 is 36.4 Å². The number of pyridine rings is 2. The Labute approximate surface area is 241 Å². The van der Waals surface area contributed by atoms with Gasteiger partial charge in [0, 0.05) is 44.6 Å². The number of carboxylic acid groups (broad SMARTS) is 3. The van der Waals surface area contributed by atoms with Crippen molar-refractivity contribution in [3.8, 4) is 5.75 Å². The molecule has 44 heavy (non-hydrogen) atoms. The van der Waals surface area contributed by atoms with Crippen LogP contribution in [-0.2, 0) is 25.7 Å². The molecule has 2 saturated heterocycles. The Morgan fingerprint density at radius 3 is 1.75 bits per heavy atom. The molecule has 2 aromatic heterocycles. The maximum absolute atomic E-state index is 10.6. The molecular formula is C24H24F9N3O8. The molecule has 0 amide bonds. The van der Waals surface area contributed by atoms with Gasteiger partial charge in [-0.05, 0) is 30.2 Å². The third-order valence-electron chi connectivity index (χ3n) is 5.36. The van der Waals surface area contributed by atoms with Gasteiger partial charge in [-0.15, -0.1) is 0 Å². The van der Waals surface area contributed by atoms with Gasteiger partial charge in [0.1, 0.15) is 11.9 Å². The molecule has 20 heteroatoms. The zero-order valence-corrected chi connectivity index (χ0v) is 22.1. The van der Waals surface area contributed by atoms with Crippen molar-refractivity contribution in [2.75, 3.05) is 19.7 Å². The van der Waals surface area contributed by atoms with E-state index in [4.69, 9.17) is 39.2 Å². The number of hydrogen-bond donors (Lipinski definition) is 3. The lowest BCUT2D eigenvalue weighted by molar-refractivity contribution is -0.193. The molecule has 0 aliphatic carbocycles. The normalized spacial score (nSPS) is 19.8. The van der Waals surface area contributed by atoms with E-state index in [-0.39, 0.29) is 11.7 Å². The SMILES string of the molecule is O=C(O)C(F)(F)F.O=C(O)C(F)(F)F.O=C(O)C(F)(F)F.c1cncc(CN2CC[C@]3(C[C@H](Oc4cccnc4)CO3)C2)c1. The molecule has 0 saturated carbocycles. The van der Waals surface area contributed by atoms with E-state index in [1.807, 2.05) is 30.6 Å². The van der Waals surface area contributed by atoms with Crippen LogP contribution in [0, 0.1) is 0 Å². The second-order valence-corrected chi connectivity index (χ2v) is 8.86.